The van der Waals surface area contributed by atoms with E-state index in [1.807, 2.05) is 34.6 Å². The van der Waals surface area contributed by atoms with Crippen LogP contribution in [0.4, 0.5) is 0 Å². The van der Waals surface area contributed by atoms with Crippen molar-refractivity contribution in [3.63, 3.8) is 0 Å². The van der Waals surface area contributed by atoms with E-state index in [9.17, 15) is 9.59 Å². The third-order valence-corrected chi connectivity index (χ3v) is 3.12. The fourth-order valence-electron chi connectivity index (χ4n) is 2.20. The summed E-state index contributed by atoms with van der Waals surface area (Å²) < 4.78 is 10.8. The summed E-state index contributed by atoms with van der Waals surface area (Å²) >= 11 is 0. The van der Waals surface area contributed by atoms with Gasteiger partial charge in [0.05, 0.1) is 0 Å². The minimum Gasteiger partial charge on any atom is -0.483 e. The van der Waals surface area contributed by atoms with Crippen molar-refractivity contribution in [2.75, 3.05) is 6.61 Å². The zero-order valence-corrected chi connectivity index (χ0v) is 13.6. The predicted molar refractivity (Wildman–Crippen MR) is 85.3 cm³/mol. The first-order valence-corrected chi connectivity index (χ1v) is 7.14. The maximum Gasteiger partial charge on any atom is 0.336 e. The van der Waals surface area contributed by atoms with Crippen molar-refractivity contribution in [2.45, 2.75) is 40.2 Å². The molecule has 118 valence electrons. The van der Waals surface area contributed by atoms with Crippen molar-refractivity contribution < 1.29 is 13.9 Å². The Hall–Kier alpha value is -2.30. The van der Waals surface area contributed by atoms with E-state index >= 15 is 0 Å². The van der Waals surface area contributed by atoms with Crippen LogP contribution in [0.2, 0.25) is 0 Å². The second-order valence-corrected chi connectivity index (χ2v) is 6.45. The molecule has 5 heteroatoms. The van der Waals surface area contributed by atoms with E-state index in [0.717, 1.165) is 16.5 Å². The third-order valence-electron chi connectivity index (χ3n) is 3.12. The summed E-state index contributed by atoms with van der Waals surface area (Å²) in [4.78, 5) is 23.2. The SMILES string of the molecule is Cc1cc2oc(=O)cc(C)c2cc1OCC(=O)NC(C)(C)C. The van der Waals surface area contributed by atoms with Crippen molar-refractivity contribution in [2.24, 2.45) is 0 Å². The highest BCUT2D eigenvalue weighted by atomic mass is 16.5. The minimum absolute atomic E-state index is 0.0561. The topological polar surface area (TPSA) is 68.5 Å². The monoisotopic (exact) mass is 303 g/mol. The van der Waals surface area contributed by atoms with Gasteiger partial charge in [-0.05, 0) is 57.9 Å². The van der Waals surface area contributed by atoms with Crippen LogP contribution in [0.25, 0.3) is 11.0 Å². The molecular weight excluding hydrogens is 282 g/mol. The molecule has 0 aliphatic rings. The largest absolute Gasteiger partial charge is 0.483 e. The van der Waals surface area contributed by atoms with Gasteiger partial charge in [-0.15, -0.1) is 0 Å². The Kier molecular flexibility index (Phi) is 4.26. The summed E-state index contributed by atoms with van der Waals surface area (Å²) in [6.45, 7) is 9.37. The molecule has 1 aromatic heterocycles. The van der Waals surface area contributed by atoms with Gasteiger partial charge in [-0.2, -0.15) is 0 Å². The van der Waals surface area contributed by atoms with Gasteiger partial charge in [-0.3, -0.25) is 4.79 Å². The van der Waals surface area contributed by atoms with E-state index in [1.54, 1.807) is 12.1 Å². The third kappa shape index (κ3) is 3.87. The maximum absolute atomic E-state index is 11.8. The van der Waals surface area contributed by atoms with Gasteiger partial charge in [0.2, 0.25) is 0 Å². The van der Waals surface area contributed by atoms with Crippen LogP contribution in [0.15, 0.2) is 27.4 Å². The Morgan fingerprint density at radius 3 is 2.50 bits per heavy atom. The van der Waals surface area contributed by atoms with E-state index in [1.165, 1.54) is 6.07 Å². The molecule has 0 radical (unpaired) electrons. The molecule has 1 N–H and O–H groups in total. The van der Waals surface area contributed by atoms with Gasteiger partial charge in [-0.25, -0.2) is 4.79 Å². The lowest BCUT2D eigenvalue weighted by molar-refractivity contribution is -0.124. The molecule has 0 bridgehead atoms. The molecule has 0 unspecified atom stereocenters. The Morgan fingerprint density at radius 1 is 1.18 bits per heavy atom. The molecule has 2 rings (SSSR count). The lowest BCUT2D eigenvalue weighted by Gasteiger charge is -2.20. The van der Waals surface area contributed by atoms with Crippen LogP contribution in [0.1, 0.15) is 31.9 Å². The fourth-order valence-corrected chi connectivity index (χ4v) is 2.20. The van der Waals surface area contributed by atoms with Crippen molar-refractivity contribution in [1.29, 1.82) is 0 Å². The fraction of sp³-hybridized carbons (Fsp3) is 0.412. The number of amides is 1. The maximum atomic E-state index is 11.8. The number of hydrogen-bond acceptors (Lipinski definition) is 4. The van der Waals surface area contributed by atoms with Crippen LogP contribution < -0.4 is 15.7 Å². The van der Waals surface area contributed by atoms with Crippen molar-refractivity contribution in [1.82, 2.24) is 5.32 Å². The molecule has 1 heterocycles. The lowest BCUT2D eigenvalue weighted by atomic mass is 10.1. The Balaban J connectivity index is 2.23. The minimum atomic E-state index is -0.373. The van der Waals surface area contributed by atoms with Crippen LogP contribution >= 0.6 is 0 Å². The van der Waals surface area contributed by atoms with Gasteiger partial charge in [-0.1, -0.05) is 0 Å². The number of rotatable bonds is 3. The van der Waals surface area contributed by atoms with Crippen LogP contribution in [0, 0.1) is 13.8 Å². The van der Waals surface area contributed by atoms with Gasteiger partial charge in [0.1, 0.15) is 11.3 Å². The number of fused-ring (bicyclic) bond motifs is 1. The lowest BCUT2D eigenvalue weighted by Crippen LogP contribution is -2.43. The molecule has 0 atom stereocenters. The standard InChI is InChI=1S/C17H21NO4/c1-10-7-16(20)22-14-6-11(2)13(8-12(10)14)21-9-15(19)18-17(3,4)5/h6-8H,9H2,1-5H3,(H,18,19). The Morgan fingerprint density at radius 2 is 1.86 bits per heavy atom. The van der Waals surface area contributed by atoms with Gasteiger partial charge in [0.25, 0.3) is 5.91 Å². The molecule has 0 saturated carbocycles. The number of carbonyl (C=O) groups is 1. The molecule has 1 aromatic carbocycles. The summed E-state index contributed by atoms with van der Waals surface area (Å²) in [7, 11) is 0. The van der Waals surface area contributed by atoms with E-state index in [2.05, 4.69) is 5.32 Å². The molecule has 22 heavy (non-hydrogen) atoms. The quantitative estimate of drug-likeness (QED) is 0.885. The van der Waals surface area contributed by atoms with Gasteiger partial charge in [0.15, 0.2) is 6.61 Å². The zero-order chi connectivity index (χ0) is 16.5. The predicted octanol–water partition coefficient (Wildman–Crippen LogP) is 2.70. The van der Waals surface area contributed by atoms with Crippen molar-refractivity contribution in [3.05, 3.63) is 39.7 Å². The highest BCUT2D eigenvalue weighted by Crippen LogP contribution is 2.26. The van der Waals surface area contributed by atoms with Gasteiger partial charge < -0.3 is 14.5 Å². The van der Waals surface area contributed by atoms with Crippen LogP contribution in [-0.4, -0.2) is 18.1 Å². The molecule has 1 amide bonds. The molecule has 0 aliphatic carbocycles. The van der Waals surface area contributed by atoms with Gasteiger partial charge >= 0.3 is 5.63 Å². The summed E-state index contributed by atoms with van der Waals surface area (Å²) in [5.41, 5.74) is 1.48. The van der Waals surface area contributed by atoms with Crippen LogP contribution in [0.5, 0.6) is 5.75 Å². The molecule has 0 saturated heterocycles. The van der Waals surface area contributed by atoms with Crippen molar-refractivity contribution in [3.8, 4) is 5.75 Å². The van der Waals surface area contributed by atoms with Crippen LogP contribution in [-0.2, 0) is 4.79 Å². The smallest absolute Gasteiger partial charge is 0.336 e. The van der Waals surface area contributed by atoms with E-state index in [0.29, 0.717) is 11.3 Å². The number of ether oxygens (including phenoxy) is 1. The highest BCUT2D eigenvalue weighted by molar-refractivity contribution is 5.83. The first-order chi connectivity index (χ1) is 10.2. The molecule has 0 fully saturated rings. The summed E-state index contributed by atoms with van der Waals surface area (Å²) in [6.07, 6.45) is 0. The Labute approximate surface area is 129 Å². The highest BCUT2D eigenvalue weighted by Gasteiger charge is 2.15. The number of nitrogens with one attached hydrogen (secondary N) is 1. The summed E-state index contributed by atoms with van der Waals surface area (Å²) in [5.74, 6) is 0.428. The second-order valence-electron chi connectivity index (χ2n) is 6.45. The van der Waals surface area contributed by atoms with Crippen molar-refractivity contribution >= 4 is 16.9 Å². The average molecular weight is 303 g/mol. The van der Waals surface area contributed by atoms with E-state index < -0.39 is 0 Å². The Bertz CT molecular complexity index is 769. The number of benzene rings is 1. The van der Waals surface area contributed by atoms with Gasteiger partial charge in [0, 0.05) is 17.0 Å². The average Bonchev–Trinajstić information content (AvgIpc) is 2.34. The molecule has 5 nitrogen and oxygen atoms in total. The first-order valence-electron chi connectivity index (χ1n) is 7.14. The zero-order valence-electron chi connectivity index (χ0n) is 13.6. The number of aryl methyl sites for hydroxylation is 2. The van der Waals surface area contributed by atoms with E-state index in [4.69, 9.17) is 9.15 Å². The molecule has 2 aromatic rings. The summed E-state index contributed by atoms with van der Waals surface area (Å²) in [6, 6.07) is 4.99. The second kappa shape index (κ2) is 5.83. The van der Waals surface area contributed by atoms with E-state index in [-0.39, 0.29) is 23.7 Å². The molecule has 0 spiro atoms. The molecule has 0 aliphatic heterocycles. The molecular formula is C17H21NO4. The number of hydrogen-bond donors (Lipinski definition) is 1. The summed E-state index contributed by atoms with van der Waals surface area (Å²) in [5, 5.41) is 3.64. The van der Waals surface area contributed by atoms with Crippen LogP contribution in [0.3, 0.4) is 0 Å². The first kappa shape index (κ1) is 16.1. The normalized spacial score (nSPS) is 11.5. The number of carbonyl (C=O) groups excluding carboxylic acids is 1.